The van der Waals surface area contributed by atoms with Crippen molar-refractivity contribution in [3.05, 3.63) is 35.5 Å². The van der Waals surface area contributed by atoms with Crippen molar-refractivity contribution in [3.63, 3.8) is 0 Å². The molecule has 5 heteroatoms. The molecular weight excluding hydrogens is 300 g/mol. The number of hydrogen-bond acceptors (Lipinski definition) is 3. The molecule has 0 radical (unpaired) electrons. The zero-order valence-corrected chi connectivity index (χ0v) is 13.8. The van der Waals surface area contributed by atoms with Crippen molar-refractivity contribution in [1.82, 2.24) is 10.3 Å². The summed E-state index contributed by atoms with van der Waals surface area (Å²) < 4.78 is 5.36. The Morgan fingerprint density at radius 1 is 1.36 bits per heavy atom. The molecule has 1 aliphatic rings. The smallest absolute Gasteiger partial charge is 0.323 e. The van der Waals surface area contributed by atoms with Gasteiger partial charge in [-0.25, -0.2) is 0 Å². The van der Waals surface area contributed by atoms with Gasteiger partial charge in [0.2, 0.25) is 0 Å². The lowest BCUT2D eigenvalue weighted by atomic mass is 9.94. The second-order valence-corrected chi connectivity index (χ2v) is 5.73. The number of esters is 1. The van der Waals surface area contributed by atoms with Crippen LogP contribution in [0.25, 0.3) is 10.9 Å². The van der Waals surface area contributed by atoms with Crippen LogP contribution in [0.5, 0.6) is 0 Å². The van der Waals surface area contributed by atoms with Crippen LogP contribution in [-0.4, -0.2) is 23.6 Å². The minimum atomic E-state index is -0.247. The first kappa shape index (κ1) is 16.8. The molecular formula is C17H23ClN2O2. The summed E-state index contributed by atoms with van der Waals surface area (Å²) in [7, 11) is 0. The Kier molecular flexibility index (Phi) is 5.48. The van der Waals surface area contributed by atoms with Crippen molar-refractivity contribution in [1.29, 1.82) is 0 Å². The van der Waals surface area contributed by atoms with Crippen molar-refractivity contribution in [2.24, 2.45) is 0 Å². The lowest BCUT2D eigenvalue weighted by molar-refractivity contribution is -0.146. The number of ether oxygens (including phenoxy) is 1. The highest BCUT2D eigenvalue weighted by Gasteiger charge is 2.31. The van der Waals surface area contributed by atoms with E-state index >= 15 is 0 Å². The molecule has 0 bridgehead atoms. The molecule has 1 aromatic heterocycles. The summed E-state index contributed by atoms with van der Waals surface area (Å²) in [6.07, 6.45) is 2.65. The van der Waals surface area contributed by atoms with E-state index in [1.54, 1.807) is 0 Å². The molecule has 2 aromatic rings. The number of halogens is 1. The molecule has 1 aromatic carbocycles. The topological polar surface area (TPSA) is 54.1 Å². The molecule has 0 spiro atoms. The van der Waals surface area contributed by atoms with Crippen LogP contribution < -0.4 is 5.32 Å². The zero-order valence-electron chi connectivity index (χ0n) is 13.0. The fourth-order valence-corrected chi connectivity index (χ4v) is 3.03. The van der Waals surface area contributed by atoms with Crippen LogP contribution in [0.4, 0.5) is 0 Å². The van der Waals surface area contributed by atoms with Gasteiger partial charge in [-0.1, -0.05) is 31.5 Å². The van der Waals surface area contributed by atoms with E-state index in [4.69, 9.17) is 4.74 Å². The number of fused-ring (bicyclic) bond motifs is 3. The molecule has 1 aliphatic heterocycles. The number of carbonyl (C=O) groups excluding carboxylic acids is 1. The van der Waals surface area contributed by atoms with Gasteiger partial charge in [0.25, 0.3) is 0 Å². The summed E-state index contributed by atoms with van der Waals surface area (Å²) in [6, 6.07) is 8.14. The molecule has 2 unspecified atom stereocenters. The molecule has 2 N–H and O–H groups in total. The second kappa shape index (κ2) is 7.16. The lowest BCUT2D eigenvalue weighted by Gasteiger charge is -2.27. The van der Waals surface area contributed by atoms with E-state index in [0.717, 1.165) is 18.4 Å². The van der Waals surface area contributed by atoms with Crippen LogP contribution >= 0.6 is 12.4 Å². The summed E-state index contributed by atoms with van der Waals surface area (Å²) in [5.41, 5.74) is 3.57. The second-order valence-electron chi connectivity index (χ2n) is 5.73. The molecule has 4 nitrogen and oxygen atoms in total. The Morgan fingerprint density at radius 2 is 2.14 bits per heavy atom. The fourth-order valence-electron chi connectivity index (χ4n) is 3.03. The van der Waals surface area contributed by atoms with Crippen molar-refractivity contribution in [2.45, 2.75) is 45.2 Å². The number of benzene rings is 1. The van der Waals surface area contributed by atoms with E-state index < -0.39 is 0 Å². The zero-order chi connectivity index (χ0) is 14.8. The van der Waals surface area contributed by atoms with Crippen molar-refractivity contribution in [2.75, 3.05) is 6.61 Å². The minimum absolute atomic E-state index is 0. The summed E-state index contributed by atoms with van der Waals surface area (Å²) in [5, 5.41) is 4.57. The van der Waals surface area contributed by atoms with Crippen LogP contribution in [0.3, 0.4) is 0 Å². The molecule has 0 saturated heterocycles. The van der Waals surface area contributed by atoms with E-state index in [2.05, 4.69) is 36.3 Å². The first-order valence-electron chi connectivity index (χ1n) is 7.73. The van der Waals surface area contributed by atoms with Gasteiger partial charge in [0.05, 0.1) is 6.61 Å². The number of rotatable bonds is 4. The first-order chi connectivity index (χ1) is 10.2. The first-order valence-corrected chi connectivity index (χ1v) is 7.73. The Balaban J connectivity index is 0.00000176. The predicted octanol–water partition coefficient (Wildman–Crippen LogP) is 3.51. The van der Waals surface area contributed by atoms with Crippen molar-refractivity contribution in [3.8, 4) is 0 Å². The molecule has 0 saturated carbocycles. The van der Waals surface area contributed by atoms with Crippen LogP contribution in [-0.2, 0) is 16.0 Å². The van der Waals surface area contributed by atoms with Crippen LogP contribution in [0.2, 0.25) is 0 Å². The summed E-state index contributed by atoms with van der Waals surface area (Å²) >= 11 is 0. The third-order valence-corrected chi connectivity index (χ3v) is 4.17. The molecule has 0 aliphatic carbocycles. The number of carbonyl (C=O) groups is 1. The average Bonchev–Trinajstić information content (AvgIpc) is 2.87. The Labute approximate surface area is 137 Å². The Morgan fingerprint density at radius 3 is 2.91 bits per heavy atom. The van der Waals surface area contributed by atoms with Gasteiger partial charge in [-0.05, 0) is 25.0 Å². The van der Waals surface area contributed by atoms with Gasteiger partial charge < -0.3 is 9.72 Å². The number of para-hydroxylation sites is 1. The Bertz CT molecular complexity index is 653. The number of aromatic nitrogens is 1. The van der Waals surface area contributed by atoms with Gasteiger partial charge in [0, 0.05) is 29.1 Å². The molecule has 22 heavy (non-hydrogen) atoms. The molecule has 2 atom stereocenters. The number of nitrogens with one attached hydrogen (secondary N) is 2. The maximum absolute atomic E-state index is 12.2. The molecule has 2 heterocycles. The van der Waals surface area contributed by atoms with Gasteiger partial charge in [-0.2, -0.15) is 0 Å². The Hall–Kier alpha value is -1.52. The quantitative estimate of drug-likeness (QED) is 0.669. The van der Waals surface area contributed by atoms with E-state index in [9.17, 15) is 4.79 Å². The summed E-state index contributed by atoms with van der Waals surface area (Å²) in [6.45, 7) is 4.69. The maximum Gasteiger partial charge on any atom is 0.323 e. The van der Waals surface area contributed by atoms with E-state index in [1.165, 1.54) is 16.6 Å². The van der Waals surface area contributed by atoms with E-state index in [-0.39, 0.29) is 30.5 Å². The maximum atomic E-state index is 12.2. The highest BCUT2D eigenvalue weighted by atomic mass is 35.5. The average molecular weight is 323 g/mol. The van der Waals surface area contributed by atoms with E-state index in [1.807, 2.05) is 12.1 Å². The standard InChI is InChI=1S/C17H22N2O2.ClH/c1-3-4-9-21-17(20)15-10-13-12-7-5-6-8-14(12)19-16(13)11(2)18-15;/h5-8,11,15,18-19H,3-4,9-10H2,1-2H3;1H. The normalized spacial score (nSPS) is 20.3. The van der Waals surface area contributed by atoms with Crippen molar-refractivity contribution < 1.29 is 9.53 Å². The number of hydrogen-bond donors (Lipinski definition) is 2. The SMILES string of the molecule is CCCCOC(=O)C1Cc2c([nH]c3ccccc23)C(C)N1.Cl. The van der Waals surface area contributed by atoms with Gasteiger partial charge in [-0.3, -0.25) is 10.1 Å². The van der Waals surface area contributed by atoms with Gasteiger partial charge >= 0.3 is 5.97 Å². The van der Waals surface area contributed by atoms with E-state index in [0.29, 0.717) is 13.0 Å². The van der Waals surface area contributed by atoms with Gasteiger partial charge in [-0.15, -0.1) is 12.4 Å². The monoisotopic (exact) mass is 322 g/mol. The molecule has 3 rings (SSSR count). The van der Waals surface area contributed by atoms with Crippen LogP contribution in [0.1, 0.15) is 44.0 Å². The molecule has 0 fully saturated rings. The predicted molar refractivity (Wildman–Crippen MR) is 90.5 cm³/mol. The number of unbranched alkanes of at least 4 members (excludes halogenated alkanes) is 1. The molecule has 0 amide bonds. The summed E-state index contributed by atoms with van der Waals surface area (Å²) in [4.78, 5) is 15.7. The number of H-pyrrole nitrogens is 1. The van der Waals surface area contributed by atoms with Gasteiger partial charge in [0.1, 0.15) is 6.04 Å². The summed E-state index contributed by atoms with van der Waals surface area (Å²) in [5.74, 6) is -0.133. The highest BCUT2D eigenvalue weighted by molar-refractivity contribution is 5.87. The van der Waals surface area contributed by atoms with Crippen LogP contribution in [0, 0.1) is 0 Å². The third kappa shape index (κ3) is 3.13. The highest BCUT2D eigenvalue weighted by Crippen LogP contribution is 2.31. The minimum Gasteiger partial charge on any atom is -0.465 e. The van der Waals surface area contributed by atoms with Crippen LogP contribution in [0.15, 0.2) is 24.3 Å². The largest absolute Gasteiger partial charge is 0.465 e. The lowest BCUT2D eigenvalue weighted by Crippen LogP contribution is -2.44. The molecule has 120 valence electrons. The number of aromatic amines is 1. The van der Waals surface area contributed by atoms with Crippen molar-refractivity contribution >= 4 is 29.3 Å². The fraction of sp³-hybridized carbons (Fsp3) is 0.471. The van der Waals surface area contributed by atoms with Gasteiger partial charge in [0.15, 0.2) is 0 Å². The third-order valence-electron chi connectivity index (χ3n) is 4.17.